The van der Waals surface area contributed by atoms with E-state index in [0.717, 1.165) is 0 Å². The van der Waals surface area contributed by atoms with Crippen LogP contribution >= 0.6 is 0 Å². The first-order valence-corrected chi connectivity index (χ1v) is 9.37. The van der Waals surface area contributed by atoms with E-state index < -0.39 is 8.80 Å². The molecule has 0 saturated heterocycles. The van der Waals surface area contributed by atoms with Crippen molar-refractivity contribution in [2.75, 3.05) is 0 Å². The molecule has 3 aromatic carbocycles. The number of rotatable bonds is 3. The topological polar surface area (TPSA) is 4.93 Å². The van der Waals surface area contributed by atoms with Crippen molar-refractivity contribution in [3.8, 4) is 0 Å². The van der Waals surface area contributed by atoms with Gasteiger partial charge in [-0.15, -0.1) is 0 Å². The molecule has 0 aliphatic carbocycles. The van der Waals surface area contributed by atoms with Crippen molar-refractivity contribution in [3.63, 3.8) is 0 Å². The number of nitrogens with zero attached hydrogens (tertiary/aromatic N) is 1. The fourth-order valence-corrected chi connectivity index (χ4v) is 6.04. The molecular weight excluding hydrogens is 294 g/mol. The summed E-state index contributed by atoms with van der Waals surface area (Å²) in [4.78, 5) is 0. The molecule has 1 heterocycles. The van der Waals surface area contributed by atoms with Crippen molar-refractivity contribution in [1.82, 2.24) is 4.57 Å². The summed E-state index contributed by atoms with van der Waals surface area (Å²) in [6.45, 7) is 0. The van der Waals surface area contributed by atoms with E-state index >= 15 is 0 Å². The number of benzene rings is 3. The molecule has 0 aliphatic heterocycles. The monoisotopic (exact) mass is 312 g/mol. The summed E-state index contributed by atoms with van der Waals surface area (Å²) in [6.07, 6.45) is 2.32. The van der Waals surface area contributed by atoms with E-state index in [1.54, 1.807) is 0 Å². The molecule has 111 valence electrons. The lowest BCUT2D eigenvalue weighted by molar-refractivity contribution is 0.972. The van der Waals surface area contributed by atoms with Gasteiger partial charge >= 0.3 is 0 Å². The molecule has 0 aliphatic rings. The Hall–Kier alpha value is -2.58. The molecule has 0 spiro atoms. The van der Waals surface area contributed by atoms with E-state index in [-0.39, 0.29) is 0 Å². The van der Waals surface area contributed by atoms with Crippen molar-refractivity contribution in [2.24, 2.45) is 7.05 Å². The Morgan fingerprint density at radius 3 is 1.78 bits per heavy atom. The zero-order chi connectivity index (χ0) is 15.6. The molecule has 1 aromatic heterocycles. The van der Waals surface area contributed by atoms with Crippen molar-refractivity contribution in [1.29, 1.82) is 0 Å². The van der Waals surface area contributed by atoms with Gasteiger partial charge in [-0.1, -0.05) is 89.2 Å². The van der Waals surface area contributed by atoms with E-state index in [1.807, 2.05) is 0 Å². The van der Waals surface area contributed by atoms with Crippen LogP contribution in [0.25, 0.3) is 10.9 Å². The lowest BCUT2D eigenvalue weighted by atomic mass is 10.2. The van der Waals surface area contributed by atoms with Crippen LogP contribution in [0.1, 0.15) is 0 Å². The van der Waals surface area contributed by atoms with E-state index in [1.165, 1.54) is 26.5 Å². The third kappa shape index (κ3) is 2.51. The minimum absolute atomic E-state index is 1.00. The third-order valence-electron chi connectivity index (χ3n) is 4.29. The smallest absolute Gasteiger partial charge is 0.157 e. The number of fused-ring (bicyclic) bond motifs is 1. The van der Waals surface area contributed by atoms with E-state index in [2.05, 4.69) is 103 Å². The number of para-hydroxylation sites is 1. The van der Waals surface area contributed by atoms with Gasteiger partial charge in [0.05, 0.1) is 0 Å². The Kier molecular flexibility index (Phi) is 3.60. The van der Waals surface area contributed by atoms with Crippen molar-refractivity contribution < 1.29 is 0 Å². The molecule has 1 radical (unpaired) electrons. The average molecular weight is 312 g/mol. The second kappa shape index (κ2) is 5.90. The summed E-state index contributed by atoms with van der Waals surface area (Å²) in [5, 5.41) is 5.70. The second-order valence-corrected chi connectivity index (χ2v) is 8.22. The Morgan fingerprint density at radius 2 is 1.17 bits per heavy atom. The van der Waals surface area contributed by atoms with Gasteiger partial charge in [0.15, 0.2) is 8.80 Å². The minimum Gasteiger partial charge on any atom is -0.351 e. The Labute approximate surface area is 138 Å². The van der Waals surface area contributed by atoms with Crippen LogP contribution in [-0.2, 0) is 7.05 Å². The second-order valence-electron chi connectivity index (χ2n) is 5.78. The molecule has 2 heteroatoms. The van der Waals surface area contributed by atoms with Crippen LogP contribution < -0.4 is 15.6 Å². The summed E-state index contributed by atoms with van der Waals surface area (Å²) < 4.78 is 2.25. The van der Waals surface area contributed by atoms with Crippen molar-refractivity contribution >= 4 is 35.3 Å². The lowest BCUT2D eigenvalue weighted by Gasteiger charge is -2.15. The predicted octanol–water partition coefficient (Wildman–Crippen LogP) is 2.69. The molecule has 23 heavy (non-hydrogen) atoms. The highest BCUT2D eigenvalue weighted by molar-refractivity contribution is 6.96. The predicted molar refractivity (Wildman–Crippen MR) is 100 cm³/mol. The summed E-state index contributed by atoms with van der Waals surface area (Å²) in [6, 6.07) is 30.6. The summed E-state index contributed by atoms with van der Waals surface area (Å²) in [5.41, 5.74) is 1.30. The zero-order valence-electron chi connectivity index (χ0n) is 13.1. The molecule has 0 atom stereocenters. The van der Waals surface area contributed by atoms with Gasteiger partial charge in [0.2, 0.25) is 0 Å². The van der Waals surface area contributed by atoms with Crippen molar-refractivity contribution in [3.05, 3.63) is 91.1 Å². The van der Waals surface area contributed by atoms with Crippen molar-refractivity contribution in [2.45, 2.75) is 0 Å². The highest BCUT2D eigenvalue weighted by Gasteiger charge is 2.23. The number of aromatic nitrogens is 1. The van der Waals surface area contributed by atoms with E-state index in [0.29, 0.717) is 0 Å². The first-order valence-electron chi connectivity index (χ1n) is 7.87. The average Bonchev–Trinajstić information content (AvgIpc) is 2.94. The van der Waals surface area contributed by atoms with Crippen LogP contribution in [0.4, 0.5) is 0 Å². The first-order chi connectivity index (χ1) is 11.3. The van der Waals surface area contributed by atoms with Gasteiger partial charge in [-0.3, -0.25) is 0 Å². The molecule has 0 amide bonds. The minimum atomic E-state index is -1.00. The van der Waals surface area contributed by atoms with Crippen LogP contribution in [0.15, 0.2) is 91.1 Å². The normalized spacial score (nSPS) is 11.2. The lowest BCUT2D eigenvalue weighted by Crippen LogP contribution is -2.51. The number of hydrogen-bond donors (Lipinski definition) is 0. The maximum absolute atomic E-state index is 2.32. The summed E-state index contributed by atoms with van der Waals surface area (Å²) in [5.74, 6) is 0. The van der Waals surface area contributed by atoms with Crippen LogP contribution in [-0.4, -0.2) is 13.4 Å². The van der Waals surface area contributed by atoms with Crippen LogP contribution in [0.3, 0.4) is 0 Å². The third-order valence-corrected chi connectivity index (χ3v) is 7.05. The van der Waals surface area contributed by atoms with Gasteiger partial charge in [-0.05, 0) is 16.6 Å². The summed E-state index contributed by atoms with van der Waals surface area (Å²) >= 11 is 0. The maximum atomic E-state index is 2.32. The number of aryl methyl sites for hydroxylation is 1. The Balaban J connectivity index is 1.98. The quantitative estimate of drug-likeness (QED) is 0.513. The maximum Gasteiger partial charge on any atom is 0.157 e. The van der Waals surface area contributed by atoms with Crippen LogP contribution in [0.2, 0.25) is 0 Å². The zero-order valence-corrected chi connectivity index (χ0v) is 14.1. The van der Waals surface area contributed by atoms with Gasteiger partial charge in [0, 0.05) is 18.8 Å². The van der Waals surface area contributed by atoms with Gasteiger partial charge in [-0.25, -0.2) is 0 Å². The van der Waals surface area contributed by atoms with E-state index in [9.17, 15) is 0 Å². The standard InChI is InChI=1S/C21H18NSi/c1-22-16-21(19-14-8-9-15-20(19)22)23(17-10-4-2-5-11-17)18-12-6-3-7-13-18/h2-16H,1H3. The molecule has 4 aromatic rings. The molecule has 4 rings (SSSR count). The highest BCUT2D eigenvalue weighted by atomic mass is 28.3. The van der Waals surface area contributed by atoms with E-state index in [4.69, 9.17) is 0 Å². The number of hydrogen-bond acceptors (Lipinski definition) is 0. The fourth-order valence-electron chi connectivity index (χ4n) is 3.23. The first kappa shape index (κ1) is 14.0. The molecule has 0 unspecified atom stereocenters. The van der Waals surface area contributed by atoms with Gasteiger partial charge in [-0.2, -0.15) is 0 Å². The molecule has 0 fully saturated rings. The molecule has 0 bridgehead atoms. The van der Waals surface area contributed by atoms with Gasteiger partial charge < -0.3 is 4.57 Å². The molecule has 1 nitrogen and oxygen atoms in total. The fraction of sp³-hybridized carbons (Fsp3) is 0.0476. The van der Waals surface area contributed by atoms with Crippen LogP contribution in [0.5, 0.6) is 0 Å². The van der Waals surface area contributed by atoms with Gasteiger partial charge in [0.1, 0.15) is 0 Å². The molecule has 0 N–H and O–H groups in total. The highest BCUT2D eigenvalue weighted by Crippen LogP contribution is 2.13. The SMILES string of the molecule is Cn1cc([Si](c2ccccc2)c2ccccc2)c2ccccc21. The Bertz CT molecular complexity index is 886. The largest absolute Gasteiger partial charge is 0.351 e. The molecular formula is C21H18NSi. The summed E-state index contributed by atoms with van der Waals surface area (Å²) in [7, 11) is 1.14. The molecule has 0 saturated carbocycles. The van der Waals surface area contributed by atoms with Crippen LogP contribution in [0, 0.1) is 0 Å². The Morgan fingerprint density at radius 1 is 0.652 bits per heavy atom. The van der Waals surface area contributed by atoms with Gasteiger partial charge in [0.25, 0.3) is 0 Å².